The predicted octanol–water partition coefficient (Wildman–Crippen LogP) is 2.44. The number of hydrogen-bond donors (Lipinski definition) is 1. The van der Waals surface area contributed by atoms with Gasteiger partial charge in [-0.3, -0.25) is 14.9 Å². The second-order valence-corrected chi connectivity index (χ2v) is 6.15. The van der Waals surface area contributed by atoms with Gasteiger partial charge in [0.25, 0.3) is 11.6 Å². The summed E-state index contributed by atoms with van der Waals surface area (Å²) in [5, 5.41) is 11.3. The summed E-state index contributed by atoms with van der Waals surface area (Å²) in [6.07, 6.45) is 0.673. The number of likely N-dealkylation sites (tertiary alicyclic amines) is 1. The molecule has 1 aromatic carbocycles. The molecule has 1 atom stereocenters. The Morgan fingerprint density at radius 1 is 1.46 bits per heavy atom. The molecule has 26 heavy (non-hydrogen) atoms. The van der Waals surface area contributed by atoms with Crippen LogP contribution in [0.4, 0.5) is 14.5 Å². The zero-order valence-corrected chi connectivity index (χ0v) is 15.1. The second kappa shape index (κ2) is 8.45. The van der Waals surface area contributed by atoms with Crippen molar-refractivity contribution in [3.63, 3.8) is 0 Å². The van der Waals surface area contributed by atoms with Crippen molar-refractivity contribution in [3.8, 4) is 11.5 Å². The highest BCUT2D eigenvalue weighted by molar-refractivity contribution is 5.99. The van der Waals surface area contributed by atoms with Gasteiger partial charge in [-0.05, 0) is 18.4 Å². The molecule has 0 radical (unpaired) electrons. The van der Waals surface area contributed by atoms with Crippen molar-refractivity contribution in [2.24, 2.45) is 11.1 Å². The highest BCUT2D eigenvalue weighted by Gasteiger charge is 2.37. The number of hydrogen-bond acceptors (Lipinski definition) is 6. The lowest BCUT2D eigenvalue weighted by molar-refractivity contribution is -0.385. The maximum atomic E-state index is 12.7. The number of carbonyl (C=O) groups is 1. The maximum Gasteiger partial charge on any atom is 0.387 e. The summed E-state index contributed by atoms with van der Waals surface area (Å²) in [4.78, 5) is 24.7. The van der Waals surface area contributed by atoms with Gasteiger partial charge in [0, 0.05) is 19.2 Å². The summed E-state index contributed by atoms with van der Waals surface area (Å²) >= 11 is 0. The van der Waals surface area contributed by atoms with Gasteiger partial charge >= 0.3 is 6.61 Å². The summed E-state index contributed by atoms with van der Waals surface area (Å²) in [6.45, 7) is -0.116. The van der Waals surface area contributed by atoms with Crippen LogP contribution in [0.2, 0.25) is 0 Å². The molecule has 1 aromatic rings. The molecule has 1 heterocycles. The van der Waals surface area contributed by atoms with Crippen LogP contribution in [0.1, 0.15) is 23.7 Å². The van der Waals surface area contributed by atoms with Crippen LogP contribution in [0.3, 0.4) is 0 Å². The molecule has 11 heteroatoms. The van der Waals surface area contributed by atoms with E-state index in [0.29, 0.717) is 26.1 Å². The van der Waals surface area contributed by atoms with Gasteiger partial charge in [-0.1, -0.05) is 6.92 Å². The quantitative estimate of drug-likeness (QED) is 0.585. The van der Waals surface area contributed by atoms with Gasteiger partial charge in [-0.2, -0.15) is 8.78 Å². The third kappa shape index (κ3) is 4.50. The average molecular weight is 396 g/mol. The monoisotopic (exact) mass is 395 g/mol. The molecule has 2 rings (SSSR count). The van der Waals surface area contributed by atoms with Crippen LogP contribution < -0.4 is 15.2 Å². The van der Waals surface area contributed by atoms with Crippen molar-refractivity contribution in [2.45, 2.75) is 20.0 Å². The highest BCUT2D eigenvalue weighted by Crippen LogP contribution is 2.37. The van der Waals surface area contributed by atoms with Crippen molar-refractivity contribution >= 4 is 24.0 Å². The van der Waals surface area contributed by atoms with Crippen LogP contribution in [-0.2, 0) is 0 Å². The lowest BCUT2D eigenvalue weighted by Crippen LogP contribution is -2.34. The average Bonchev–Trinajstić information content (AvgIpc) is 2.96. The zero-order chi connectivity index (χ0) is 18.8. The van der Waals surface area contributed by atoms with Crippen LogP contribution in [0, 0.1) is 15.5 Å². The number of nitro groups is 1. The first-order valence-electron chi connectivity index (χ1n) is 7.51. The number of methoxy groups -OCH3 is 1. The molecule has 1 aliphatic rings. The molecular weight excluding hydrogens is 376 g/mol. The van der Waals surface area contributed by atoms with E-state index in [1.807, 2.05) is 6.92 Å². The van der Waals surface area contributed by atoms with E-state index < -0.39 is 28.9 Å². The minimum absolute atomic E-state index is 0. The highest BCUT2D eigenvalue weighted by atomic mass is 35.5. The maximum absolute atomic E-state index is 12.7. The van der Waals surface area contributed by atoms with E-state index >= 15 is 0 Å². The summed E-state index contributed by atoms with van der Waals surface area (Å²) in [7, 11) is 1.19. The first kappa shape index (κ1) is 21.8. The van der Waals surface area contributed by atoms with E-state index in [0.717, 1.165) is 12.1 Å². The Morgan fingerprint density at radius 2 is 2.12 bits per heavy atom. The van der Waals surface area contributed by atoms with Gasteiger partial charge in [0.2, 0.25) is 0 Å². The fourth-order valence-electron chi connectivity index (χ4n) is 2.75. The van der Waals surface area contributed by atoms with Crippen LogP contribution in [0.5, 0.6) is 11.5 Å². The second-order valence-electron chi connectivity index (χ2n) is 6.15. The van der Waals surface area contributed by atoms with Gasteiger partial charge in [0.15, 0.2) is 11.5 Å². The third-order valence-corrected chi connectivity index (χ3v) is 4.26. The summed E-state index contributed by atoms with van der Waals surface area (Å²) in [5.74, 6) is -1.27. The smallest absolute Gasteiger partial charge is 0.387 e. The third-order valence-electron chi connectivity index (χ3n) is 4.26. The normalized spacial score (nSPS) is 19.2. The van der Waals surface area contributed by atoms with Crippen LogP contribution in [0.15, 0.2) is 12.1 Å². The fourth-order valence-corrected chi connectivity index (χ4v) is 2.75. The van der Waals surface area contributed by atoms with E-state index in [4.69, 9.17) is 10.5 Å². The fraction of sp³-hybridized carbons (Fsp3) is 0.533. The number of rotatable bonds is 6. The number of carbonyl (C=O) groups excluding carboxylic acids is 1. The van der Waals surface area contributed by atoms with Gasteiger partial charge in [0.05, 0.1) is 18.1 Å². The number of halogens is 3. The number of nitrogens with two attached hydrogens (primary N) is 1. The lowest BCUT2D eigenvalue weighted by atomic mass is 9.90. The number of ether oxygens (including phenoxy) is 2. The molecule has 1 unspecified atom stereocenters. The van der Waals surface area contributed by atoms with Crippen molar-refractivity contribution in [1.29, 1.82) is 0 Å². The summed E-state index contributed by atoms with van der Waals surface area (Å²) in [6, 6.07) is 1.83. The summed E-state index contributed by atoms with van der Waals surface area (Å²) < 4.78 is 34.1. The van der Waals surface area contributed by atoms with E-state index in [1.54, 1.807) is 0 Å². The first-order chi connectivity index (χ1) is 11.7. The Labute approximate surface area is 154 Å². The molecule has 8 nitrogen and oxygen atoms in total. The molecule has 0 bridgehead atoms. The molecule has 1 amide bonds. The van der Waals surface area contributed by atoms with Crippen LogP contribution in [0.25, 0.3) is 0 Å². The number of alkyl halides is 2. The topological polar surface area (TPSA) is 108 Å². The molecule has 0 aliphatic carbocycles. The van der Waals surface area contributed by atoms with Crippen LogP contribution >= 0.6 is 12.4 Å². The van der Waals surface area contributed by atoms with E-state index in [2.05, 4.69) is 4.74 Å². The SMILES string of the molecule is COc1cc(C(=O)N2CCC(C)(CN)C2)c([N+](=O)[O-])cc1OC(F)F.Cl. The molecule has 2 N–H and O–H groups in total. The predicted molar refractivity (Wildman–Crippen MR) is 91.2 cm³/mol. The largest absolute Gasteiger partial charge is 0.493 e. The molecule has 0 spiro atoms. The molecule has 1 saturated heterocycles. The Balaban J connectivity index is 0.00000338. The first-order valence-corrected chi connectivity index (χ1v) is 7.51. The Morgan fingerprint density at radius 3 is 2.58 bits per heavy atom. The molecule has 0 saturated carbocycles. The minimum atomic E-state index is -3.18. The Kier molecular flexibility index (Phi) is 7.10. The molecule has 1 fully saturated rings. The minimum Gasteiger partial charge on any atom is -0.493 e. The number of benzene rings is 1. The number of nitro benzene ring substituents is 1. The lowest BCUT2D eigenvalue weighted by Gasteiger charge is -2.22. The van der Waals surface area contributed by atoms with Gasteiger partial charge < -0.3 is 20.1 Å². The van der Waals surface area contributed by atoms with Crippen molar-refractivity contribution in [2.75, 3.05) is 26.7 Å². The number of nitrogens with zero attached hydrogens (tertiary/aromatic N) is 2. The molecule has 1 aliphatic heterocycles. The zero-order valence-electron chi connectivity index (χ0n) is 14.2. The Bertz CT molecular complexity index is 691. The molecule has 0 aromatic heterocycles. The number of amides is 1. The standard InChI is InChI=1S/C15H19F2N3O5.ClH/c1-15(7-18)3-4-19(8-15)13(21)9-5-11(24-2)12(25-14(16)17)6-10(9)20(22)23;/h5-6,14H,3-4,7-8,18H2,1-2H3;1H. The van der Waals surface area contributed by atoms with Crippen molar-refractivity contribution in [3.05, 3.63) is 27.8 Å². The van der Waals surface area contributed by atoms with E-state index in [1.165, 1.54) is 12.0 Å². The van der Waals surface area contributed by atoms with Crippen molar-refractivity contribution < 1.29 is 28.0 Å². The van der Waals surface area contributed by atoms with Gasteiger partial charge in [0.1, 0.15) is 5.56 Å². The van der Waals surface area contributed by atoms with E-state index in [9.17, 15) is 23.7 Å². The van der Waals surface area contributed by atoms with Gasteiger partial charge in [-0.15, -0.1) is 12.4 Å². The van der Waals surface area contributed by atoms with Gasteiger partial charge in [-0.25, -0.2) is 0 Å². The van der Waals surface area contributed by atoms with Crippen molar-refractivity contribution in [1.82, 2.24) is 4.90 Å². The molecule has 146 valence electrons. The van der Waals surface area contributed by atoms with Crippen LogP contribution in [-0.4, -0.2) is 49.1 Å². The molecular formula is C15H20ClF2N3O5. The van der Waals surface area contributed by atoms with E-state index in [-0.39, 0.29) is 29.1 Å². The summed E-state index contributed by atoms with van der Waals surface area (Å²) in [5.41, 5.74) is 4.58. The Hall–Kier alpha value is -2.20.